The Balaban J connectivity index is 1.56. The van der Waals surface area contributed by atoms with Gasteiger partial charge in [0.2, 0.25) is 11.7 Å². The summed E-state index contributed by atoms with van der Waals surface area (Å²) in [6.07, 6.45) is 1.86. The molecule has 0 aliphatic carbocycles. The summed E-state index contributed by atoms with van der Waals surface area (Å²) >= 11 is 1.55. The highest BCUT2D eigenvalue weighted by Gasteiger charge is 2.16. The number of allylic oxidation sites excluding steroid dienone is 1. The van der Waals surface area contributed by atoms with Gasteiger partial charge in [-0.15, -0.1) is 6.58 Å². The first-order valence-electron chi connectivity index (χ1n) is 8.97. The standard InChI is InChI=1S/C21H20N4O3S/c1-4-11-25-17-8-6-5-7-16(17)22-21(25)29-13-19-23-20(24-28-19)15-10-9-14(26-2)12-18(15)27-3/h4-10,12H,1,11,13H2,2-3H3. The molecule has 148 valence electrons. The number of ether oxygens (including phenoxy) is 2. The number of nitrogens with zero attached hydrogens (tertiary/aromatic N) is 4. The third kappa shape index (κ3) is 3.84. The third-order valence-electron chi connectivity index (χ3n) is 4.37. The van der Waals surface area contributed by atoms with E-state index in [1.165, 1.54) is 0 Å². The van der Waals surface area contributed by atoms with Crippen LogP contribution in [0.4, 0.5) is 0 Å². The second-order valence-electron chi connectivity index (χ2n) is 6.15. The number of hydrogen-bond acceptors (Lipinski definition) is 7. The van der Waals surface area contributed by atoms with Crippen molar-refractivity contribution in [3.05, 3.63) is 61.0 Å². The van der Waals surface area contributed by atoms with Gasteiger partial charge in [0, 0.05) is 12.6 Å². The summed E-state index contributed by atoms with van der Waals surface area (Å²) in [7, 11) is 3.21. The minimum absolute atomic E-state index is 0.472. The fourth-order valence-electron chi connectivity index (χ4n) is 3.00. The Morgan fingerprint density at radius 2 is 2.00 bits per heavy atom. The fraction of sp³-hybridized carbons (Fsp3) is 0.190. The average molecular weight is 408 g/mol. The molecule has 8 heteroatoms. The maximum atomic E-state index is 5.44. The van der Waals surface area contributed by atoms with Gasteiger partial charge in [0.05, 0.1) is 36.6 Å². The van der Waals surface area contributed by atoms with Crippen LogP contribution < -0.4 is 9.47 Å². The van der Waals surface area contributed by atoms with Crippen LogP contribution in [0.5, 0.6) is 11.5 Å². The molecule has 0 aliphatic heterocycles. The van der Waals surface area contributed by atoms with Crippen molar-refractivity contribution in [1.82, 2.24) is 19.7 Å². The zero-order chi connectivity index (χ0) is 20.2. The first-order chi connectivity index (χ1) is 14.2. The highest BCUT2D eigenvalue weighted by Crippen LogP contribution is 2.32. The molecule has 0 fully saturated rings. The first kappa shape index (κ1) is 19.1. The molecule has 0 aliphatic rings. The topological polar surface area (TPSA) is 75.2 Å². The fourth-order valence-corrected chi connectivity index (χ4v) is 3.86. The van der Waals surface area contributed by atoms with E-state index in [0.717, 1.165) is 21.8 Å². The van der Waals surface area contributed by atoms with Crippen LogP contribution in [0.15, 0.2) is 64.8 Å². The summed E-state index contributed by atoms with van der Waals surface area (Å²) in [5, 5.41) is 4.98. The molecule has 0 saturated heterocycles. The molecule has 0 N–H and O–H groups in total. The molecule has 2 aromatic carbocycles. The van der Waals surface area contributed by atoms with E-state index in [2.05, 4.69) is 27.4 Å². The SMILES string of the molecule is C=CCn1c(SCc2nc(-c3ccc(OC)cc3OC)no2)nc2ccccc21. The van der Waals surface area contributed by atoms with E-state index >= 15 is 0 Å². The van der Waals surface area contributed by atoms with Crippen LogP contribution in [-0.2, 0) is 12.3 Å². The van der Waals surface area contributed by atoms with Crippen molar-refractivity contribution in [3.8, 4) is 22.9 Å². The van der Waals surface area contributed by atoms with Crippen LogP contribution in [0.3, 0.4) is 0 Å². The number of aromatic nitrogens is 4. The third-order valence-corrected chi connectivity index (χ3v) is 5.33. The van der Waals surface area contributed by atoms with Gasteiger partial charge in [0.25, 0.3) is 0 Å². The zero-order valence-electron chi connectivity index (χ0n) is 16.2. The van der Waals surface area contributed by atoms with Crippen LogP contribution in [0.25, 0.3) is 22.4 Å². The number of hydrogen-bond donors (Lipinski definition) is 0. The van der Waals surface area contributed by atoms with Crippen molar-refractivity contribution in [3.63, 3.8) is 0 Å². The van der Waals surface area contributed by atoms with Crippen molar-refractivity contribution in [2.45, 2.75) is 17.5 Å². The Bertz CT molecular complexity index is 1150. The van der Waals surface area contributed by atoms with Crippen molar-refractivity contribution in [1.29, 1.82) is 0 Å². The molecule has 0 amide bonds. The molecule has 0 spiro atoms. The van der Waals surface area contributed by atoms with E-state index in [9.17, 15) is 0 Å². The molecule has 2 heterocycles. The maximum Gasteiger partial charge on any atom is 0.237 e. The minimum atomic E-state index is 0.472. The van der Waals surface area contributed by atoms with Crippen LogP contribution in [0, 0.1) is 0 Å². The van der Waals surface area contributed by atoms with E-state index in [1.54, 1.807) is 32.0 Å². The Morgan fingerprint density at radius 3 is 2.79 bits per heavy atom. The Labute approximate surface area is 172 Å². The smallest absolute Gasteiger partial charge is 0.237 e. The average Bonchev–Trinajstić information content (AvgIpc) is 3.37. The molecule has 0 atom stereocenters. The van der Waals surface area contributed by atoms with Crippen molar-refractivity contribution < 1.29 is 14.0 Å². The predicted molar refractivity (Wildman–Crippen MR) is 112 cm³/mol. The number of benzene rings is 2. The molecule has 0 bridgehead atoms. The van der Waals surface area contributed by atoms with Crippen molar-refractivity contribution in [2.75, 3.05) is 14.2 Å². The molecule has 0 radical (unpaired) electrons. The van der Waals surface area contributed by atoms with Gasteiger partial charge in [-0.1, -0.05) is 35.1 Å². The summed E-state index contributed by atoms with van der Waals surface area (Å²) in [4.78, 5) is 9.22. The number of fused-ring (bicyclic) bond motifs is 1. The Kier molecular flexibility index (Phi) is 5.53. The van der Waals surface area contributed by atoms with Gasteiger partial charge in [-0.05, 0) is 24.3 Å². The largest absolute Gasteiger partial charge is 0.497 e. The number of methoxy groups -OCH3 is 2. The molecule has 29 heavy (non-hydrogen) atoms. The predicted octanol–water partition coefficient (Wildman–Crippen LogP) is 4.58. The van der Waals surface area contributed by atoms with Crippen LogP contribution in [-0.4, -0.2) is 33.9 Å². The van der Waals surface area contributed by atoms with E-state index in [0.29, 0.717) is 35.5 Å². The lowest BCUT2D eigenvalue weighted by molar-refractivity contribution is 0.388. The lowest BCUT2D eigenvalue weighted by Gasteiger charge is -2.07. The number of para-hydroxylation sites is 2. The molecule has 2 aromatic heterocycles. The van der Waals surface area contributed by atoms with Gasteiger partial charge in [0.15, 0.2) is 5.16 Å². The number of thioether (sulfide) groups is 1. The van der Waals surface area contributed by atoms with Crippen LogP contribution >= 0.6 is 11.8 Å². The summed E-state index contributed by atoms with van der Waals surface area (Å²) in [6, 6.07) is 13.5. The molecule has 0 unspecified atom stereocenters. The van der Waals surface area contributed by atoms with Crippen LogP contribution in [0.1, 0.15) is 5.89 Å². The highest BCUT2D eigenvalue weighted by molar-refractivity contribution is 7.98. The van der Waals surface area contributed by atoms with Crippen LogP contribution in [0.2, 0.25) is 0 Å². The normalized spacial score (nSPS) is 11.0. The van der Waals surface area contributed by atoms with Gasteiger partial charge in [0.1, 0.15) is 11.5 Å². The number of imidazole rings is 1. The molecular formula is C21H20N4O3S. The summed E-state index contributed by atoms with van der Waals surface area (Å²) in [5.41, 5.74) is 2.77. The maximum absolute atomic E-state index is 5.44. The molecule has 7 nitrogen and oxygen atoms in total. The quantitative estimate of drug-likeness (QED) is 0.312. The van der Waals surface area contributed by atoms with Gasteiger partial charge in [-0.3, -0.25) is 0 Å². The van der Waals surface area contributed by atoms with Gasteiger partial charge in [-0.2, -0.15) is 4.98 Å². The van der Waals surface area contributed by atoms with E-state index in [-0.39, 0.29) is 0 Å². The van der Waals surface area contributed by atoms with E-state index in [4.69, 9.17) is 19.0 Å². The number of rotatable bonds is 8. The molecule has 4 aromatic rings. The lowest BCUT2D eigenvalue weighted by atomic mass is 10.2. The lowest BCUT2D eigenvalue weighted by Crippen LogP contribution is -1.97. The van der Waals surface area contributed by atoms with Gasteiger partial charge in [-0.25, -0.2) is 4.98 Å². The summed E-state index contributed by atoms with van der Waals surface area (Å²) in [6.45, 7) is 4.53. The Hall–Kier alpha value is -3.26. The zero-order valence-corrected chi connectivity index (χ0v) is 17.0. The second kappa shape index (κ2) is 8.40. The monoisotopic (exact) mass is 408 g/mol. The van der Waals surface area contributed by atoms with Gasteiger partial charge < -0.3 is 18.6 Å². The van der Waals surface area contributed by atoms with E-state index < -0.39 is 0 Å². The van der Waals surface area contributed by atoms with Crippen molar-refractivity contribution in [2.24, 2.45) is 0 Å². The summed E-state index contributed by atoms with van der Waals surface area (Å²) in [5.74, 6) is 2.81. The Morgan fingerprint density at radius 1 is 1.14 bits per heavy atom. The van der Waals surface area contributed by atoms with E-state index in [1.807, 2.05) is 36.4 Å². The molecule has 0 saturated carbocycles. The molecule has 4 rings (SSSR count). The minimum Gasteiger partial charge on any atom is -0.497 e. The second-order valence-corrected chi connectivity index (χ2v) is 7.09. The summed E-state index contributed by atoms with van der Waals surface area (Å²) < 4.78 is 18.2. The van der Waals surface area contributed by atoms with Crippen molar-refractivity contribution >= 4 is 22.8 Å². The first-order valence-corrected chi connectivity index (χ1v) is 9.96. The van der Waals surface area contributed by atoms with Gasteiger partial charge >= 0.3 is 0 Å². The highest BCUT2D eigenvalue weighted by atomic mass is 32.2. The molecular weight excluding hydrogens is 388 g/mol.